The molecule has 0 aliphatic rings. The Morgan fingerprint density at radius 2 is 2.06 bits per heavy atom. The number of nitro groups is 1. The van der Waals surface area contributed by atoms with E-state index in [-0.39, 0.29) is 10.4 Å². The molecule has 7 heteroatoms. The second kappa shape index (κ2) is 4.35. The fourth-order valence-electron chi connectivity index (χ4n) is 1.30. The van der Waals surface area contributed by atoms with Crippen LogP contribution < -0.4 is 0 Å². The number of hydrogen-bond donors (Lipinski definition) is 1. The lowest BCUT2D eigenvalue weighted by Gasteiger charge is -1.93. The monoisotopic (exact) mass is 292 g/mol. The van der Waals surface area contributed by atoms with Crippen LogP contribution in [0.3, 0.4) is 0 Å². The number of H-pyrrole nitrogens is 1. The quantitative estimate of drug-likeness (QED) is 0.680. The average Bonchev–Trinajstić information content (AvgIpc) is 2.71. The van der Waals surface area contributed by atoms with Crippen molar-refractivity contribution >= 4 is 21.7 Å². The molecule has 0 atom stereocenters. The summed E-state index contributed by atoms with van der Waals surface area (Å²) in [5, 5.41) is 19.3. The van der Waals surface area contributed by atoms with Gasteiger partial charge < -0.3 is 10.1 Å². The summed E-state index contributed by atoms with van der Waals surface area (Å²) < 4.78 is 0.154. The Bertz CT molecular complexity index is 612. The highest BCUT2D eigenvalue weighted by atomic mass is 79.9. The van der Waals surface area contributed by atoms with Gasteiger partial charge in [0.15, 0.2) is 0 Å². The third-order valence-corrected chi connectivity index (χ3v) is 2.67. The molecule has 0 aliphatic carbocycles. The molecule has 2 aromatic rings. The molecule has 17 heavy (non-hydrogen) atoms. The normalized spacial score (nSPS) is 9.88. The van der Waals surface area contributed by atoms with Gasteiger partial charge in [0.2, 0.25) is 10.4 Å². The molecule has 0 spiro atoms. The van der Waals surface area contributed by atoms with Crippen molar-refractivity contribution in [2.24, 2.45) is 0 Å². The van der Waals surface area contributed by atoms with E-state index < -0.39 is 4.92 Å². The molecule has 0 saturated carbocycles. The highest BCUT2D eigenvalue weighted by Crippen LogP contribution is 2.26. The van der Waals surface area contributed by atoms with Crippen LogP contribution in [-0.2, 0) is 0 Å². The first-order valence-electron chi connectivity index (χ1n) is 4.52. The highest BCUT2D eigenvalue weighted by molar-refractivity contribution is 9.10. The molecule has 0 amide bonds. The molecule has 0 fully saturated rings. The summed E-state index contributed by atoms with van der Waals surface area (Å²) in [5.41, 5.74) is 1.20. The lowest BCUT2D eigenvalue weighted by Crippen LogP contribution is -1.88. The van der Waals surface area contributed by atoms with Crippen molar-refractivity contribution in [2.45, 2.75) is 0 Å². The first-order valence-corrected chi connectivity index (χ1v) is 5.31. The number of rotatable bonds is 2. The fraction of sp³-hybridized carbons (Fsp3) is 0. The van der Waals surface area contributed by atoms with Crippen LogP contribution in [0, 0.1) is 21.4 Å². The molecule has 0 aliphatic heterocycles. The van der Waals surface area contributed by atoms with Gasteiger partial charge in [-0.25, -0.2) is 4.98 Å². The van der Waals surface area contributed by atoms with Gasteiger partial charge in [0.1, 0.15) is 0 Å². The number of halogens is 1. The summed E-state index contributed by atoms with van der Waals surface area (Å²) >= 11 is 3.01. The summed E-state index contributed by atoms with van der Waals surface area (Å²) in [6.07, 6.45) is 0. The SMILES string of the molecule is N#Cc1ccc(-c2nc(Br)c([N+](=O)[O-])[nH]2)cc1. The van der Waals surface area contributed by atoms with E-state index in [1.165, 1.54) is 0 Å². The number of hydrogen-bond acceptors (Lipinski definition) is 4. The number of nitriles is 1. The predicted molar refractivity (Wildman–Crippen MR) is 63.1 cm³/mol. The Morgan fingerprint density at radius 3 is 2.53 bits per heavy atom. The second-order valence-corrected chi connectivity index (χ2v) is 3.92. The Kier molecular flexibility index (Phi) is 2.89. The first-order chi connectivity index (χ1) is 8.11. The number of benzene rings is 1. The maximum atomic E-state index is 10.6. The predicted octanol–water partition coefficient (Wildman–Crippen LogP) is 2.62. The van der Waals surface area contributed by atoms with Crippen LogP contribution in [0.5, 0.6) is 0 Å². The van der Waals surface area contributed by atoms with Gasteiger partial charge in [0, 0.05) is 5.56 Å². The molecule has 1 aromatic heterocycles. The molecular weight excluding hydrogens is 288 g/mol. The largest absolute Gasteiger partial charge is 0.358 e. The minimum Gasteiger partial charge on any atom is -0.358 e. The zero-order valence-electron chi connectivity index (χ0n) is 8.35. The molecular formula is C10H5BrN4O2. The standard InChI is InChI=1S/C10H5BrN4O2/c11-8-10(15(16)17)14-9(13-8)7-3-1-6(5-12)2-4-7/h1-4H,(H,13,14). The van der Waals surface area contributed by atoms with E-state index in [0.717, 1.165) is 0 Å². The van der Waals surface area contributed by atoms with E-state index in [1.807, 2.05) is 6.07 Å². The summed E-state index contributed by atoms with van der Waals surface area (Å²) in [6.45, 7) is 0. The molecule has 0 unspecified atom stereocenters. The van der Waals surface area contributed by atoms with Gasteiger partial charge in [-0.3, -0.25) is 0 Å². The van der Waals surface area contributed by atoms with Crippen molar-refractivity contribution in [2.75, 3.05) is 0 Å². The molecule has 6 nitrogen and oxygen atoms in total. The lowest BCUT2D eigenvalue weighted by atomic mass is 10.1. The third kappa shape index (κ3) is 2.16. The Hall–Kier alpha value is -2.20. The van der Waals surface area contributed by atoms with Crippen LogP contribution in [0.15, 0.2) is 28.9 Å². The summed E-state index contributed by atoms with van der Waals surface area (Å²) in [7, 11) is 0. The van der Waals surface area contributed by atoms with Crippen LogP contribution in [0.2, 0.25) is 0 Å². The Balaban J connectivity index is 2.43. The van der Waals surface area contributed by atoms with Gasteiger partial charge in [-0.15, -0.1) is 0 Å². The number of imidazole rings is 1. The average molecular weight is 293 g/mol. The molecule has 84 valence electrons. The molecule has 0 saturated heterocycles. The zero-order valence-corrected chi connectivity index (χ0v) is 9.93. The topological polar surface area (TPSA) is 95.6 Å². The van der Waals surface area contributed by atoms with E-state index >= 15 is 0 Å². The zero-order chi connectivity index (χ0) is 12.4. The van der Waals surface area contributed by atoms with Crippen LogP contribution >= 0.6 is 15.9 Å². The number of nitrogens with one attached hydrogen (secondary N) is 1. The van der Waals surface area contributed by atoms with Crippen LogP contribution in [-0.4, -0.2) is 14.9 Å². The maximum Gasteiger partial charge on any atom is 0.355 e. The van der Waals surface area contributed by atoms with Gasteiger partial charge in [0.25, 0.3) is 0 Å². The second-order valence-electron chi connectivity index (χ2n) is 3.17. The van der Waals surface area contributed by atoms with Crippen molar-refractivity contribution in [3.05, 3.63) is 44.5 Å². The van der Waals surface area contributed by atoms with Crippen molar-refractivity contribution in [1.82, 2.24) is 9.97 Å². The van der Waals surface area contributed by atoms with Crippen molar-refractivity contribution in [1.29, 1.82) is 5.26 Å². The summed E-state index contributed by atoms with van der Waals surface area (Å²) in [4.78, 5) is 16.7. The number of aromatic amines is 1. The molecule has 1 aromatic carbocycles. The third-order valence-electron chi connectivity index (χ3n) is 2.11. The fourth-order valence-corrected chi connectivity index (χ4v) is 1.72. The van der Waals surface area contributed by atoms with E-state index in [2.05, 4.69) is 25.9 Å². The van der Waals surface area contributed by atoms with E-state index in [4.69, 9.17) is 5.26 Å². The van der Waals surface area contributed by atoms with Crippen LogP contribution in [0.25, 0.3) is 11.4 Å². The molecule has 0 radical (unpaired) electrons. The van der Waals surface area contributed by atoms with E-state index in [1.54, 1.807) is 24.3 Å². The van der Waals surface area contributed by atoms with Gasteiger partial charge in [-0.1, -0.05) is 0 Å². The lowest BCUT2D eigenvalue weighted by molar-refractivity contribution is -0.390. The number of nitrogens with zero attached hydrogens (tertiary/aromatic N) is 3. The minimum absolute atomic E-state index is 0.154. The summed E-state index contributed by atoms with van der Waals surface area (Å²) in [6, 6.07) is 8.59. The van der Waals surface area contributed by atoms with Crippen molar-refractivity contribution in [3.8, 4) is 17.5 Å². The smallest absolute Gasteiger partial charge is 0.355 e. The Labute approximate surface area is 104 Å². The molecule has 2 rings (SSSR count). The molecule has 0 bridgehead atoms. The Morgan fingerprint density at radius 1 is 1.41 bits per heavy atom. The number of aromatic nitrogens is 2. The van der Waals surface area contributed by atoms with Gasteiger partial charge >= 0.3 is 5.82 Å². The molecule has 1 heterocycles. The van der Waals surface area contributed by atoms with Gasteiger partial charge in [0.05, 0.1) is 11.6 Å². The maximum absolute atomic E-state index is 10.6. The minimum atomic E-state index is -0.551. The van der Waals surface area contributed by atoms with Crippen LogP contribution in [0.4, 0.5) is 5.82 Å². The molecule has 1 N–H and O–H groups in total. The van der Waals surface area contributed by atoms with Gasteiger partial charge in [-0.2, -0.15) is 10.2 Å². The first kappa shape index (κ1) is 11.3. The summed E-state index contributed by atoms with van der Waals surface area (Å²) in [5.74, 6) is 0.192. The van der Waals surface area contributed by atoms with Crippen molar-refractivity contribution in [3.63, 3.8) is 0 Å². The van der Waals surface area contributed by atoms with Crippen molar-refractivity contribution < 1.29 is 4.92 Å². The van der Waals surface area contributed by atoms with E-state index in [0.29, 0.717) is 17.0 Å². The van der Waals surface area contributed by atoms with E-state index in [9.17, 15) is 10.1 Å². The van der Waals surface area contributed by atoms with Gasteiger partial charge in [-0.05, 0) is 45.1 Å². The highest BCUT2D eigenvalue weighted by Gasteiger charge is 2.18. The van der Waals surface area contributed by atoms with Crippen LogP contribution in [0.1, 0.15) is 5.56 Å².